The highest BCUT2D eigenvalue weighted by atomic mass is 32.1. The molecule has 6 nitrogen and oxygen atoms in total. The molecule has 7 heteroatoms. The number of morpholine rings is 1. The summed E-state index contributed by atoms with van der Waals surface area (Å²) in [5, 5.41) is 6.63. The fourth-order valence-corrected chi connectivity index (χ4v) is 3.38. The standard InChI is InChI=1S/C16H28N4O2S/c1-16(2,3)13-11-23-14(19-13)8-18-15(17-4)20-6-7-22-12(9-20)10-21-5/h11-12H,6-10H2,1-5H3,(H,17,18). The fraction of sp³-hybridized carbons (Fsp3) is 0.750. The second kappa shape index (κ2) is 8.08. The lowest BCUT2D eigenvalue weighted by atomic mass is 9.93. The quantitative estimate of drug-likeness (QED) is 0.670. The van der Waals surface area contributed by atoms with E-state index in [4.69, 9.17) is 14.5 Å². The van der Waals surface area contributed by atoms with Crippen LogP contribution in [0.2, 0.25) is 0 Å². The number of methoxy groups -OCH3 is 1. The van der Waals surface area contributed by atoms with Crippen molar-refractivity contribution in [3.8, 4) is 0 Å². The van der Waals surface area contributed by atoms with Crippen molar-refractivity contribution in [1.82, 2.24) is 15.2 Å². The van der Waals surface area contributed by atoms with Crippen LogP contribution < -0.4 is 5.32 Å². The minimum atomic E-state index is 0.0913. The zero-order valence-electron chi connectivity index (χ0n) is 14.8. The summed E-state index contributed by atoms with van der Waals surface area (Å²) in [7, 11) is 3.51. The summed E-state index contributed by atoms with van der Waals surface area (Å²) in [6, 6.07) is 0. The largest absolute Gasteiger partial charge is 0.382 e. The monoisotopic (exact) mass is 340 g/mol. The van der Waals surface area contributed by atoms with Crippen LogP contribution in [-0.2, 0) is 21.4 Å². The summed E-state index contributed by atoms with van der Waals surface area (Å²) in [6.45, 7) is 10.2. The van der Waals surface area contributed by atoms with E-state index >= 15 is 0 Å². The van der Waals surface area contributed by atoms with Crippen molar-refractivity contribution in [3.05, 3.63) is 16.1 Å². The van der Waals surface area contributed by atoms with E-state index in [1.54, 1.807) is 18.4 Å². The van der Waals surface area contributed by atoms with Gasteiger partial charge >= 0.3 is 0 Å². The first-order valence-corrected chi connectivity index (χ1v) is 8.83. The molecular weight excluding hydrogens is 312 g/mol. The van der Waals surface area contributed by atoms with E-state index in [1.165, 1.54) is 0 Å². The van der Waals surface area contributed by atoms with Crippen LogP contribution in [0.3, 0.4) is 0 Å². The topological polar surface area (TPSA) is 59.0 Å². The van der Waals surface area contributed by atoms with E-state index in [0.29, 0.717) is 19.8 Å². The molecule has 1 fully saturated rings. The fourth-order valence-electron chi connectivity index (χ4n) is 2.42. The molecule has 1 aliphatic heterocycles. The molecule has 130 valence electrons. The Morgan fingerprint density at radius 3 is 2.96 bits per heavy atom. The summed E-state index contributed by atoms with van der Waals surface area (Å²) in [6.07, 6.45) is 0.0969. The molecule has 1 saturated heterocycles. The Bertz CT molecular complexity index is 522. The van der Waals surface area contributed by atoms with Gasteiger partial charge < -0.3 is 19.7 Å². The van der Waals surface area contributed by atoms with Gasteiger partial charge in [0.2, 0.25) is 0 Å². The van der Waals surface area contributed by atoms with Gasteiger partial charge in [0, 0.05) is 38.0 Å². The van der Waals surface area contributed by atoms with Crippen LogP contribution >= 0.6 is 11.3 Å². The minimum Gasteiger partial charge on any atom is -0.382 e. The Hall–Kier alpha value is -1.18. The SMILES string of the molecule is CN=C(NCc1nc(C(C)(C)C)cs1)N1CCOC(COC)C1. The highest BCUT2D eigenvalue weighted by Crippen LogP contribution is 2.23. The molecule has 2 rings (SSSR count). The number of thiazole rings is 1. The van der Waals surface area contributed by atoms with Crippen LogP contribution in [0.4, 0.5) is 0 Å². The molecule has 1 unspecified atom stereocenters. The number of ether oxygens (including phenoxy) is 2. The molecule has 1 atom stereocenters. The third-order valence-corrected chi connectivity index (χ3v) is 4.57. The number of aromatic nitrogens is 1. The molecule has 2 heterocycles. The van der Waals surface area contributed by atoms with Crippen LogP contribution in [0.15, 0.2) is 10.4 Å². The van der Waals surface area contributed by atoms with Gasteiger partial charge in [-0.2, -0.15) is 0 Å². The molecule has 0 aliphatic carbocycles. The van der Waals surface area contributed by atoms with E-state index in [-0.39, 0.29) is 11.5 Å². The molecule has 1 aromatic heterocycles. The molecule has 1 N–H and O–H groups in total. The van der Waals surface area contributed by atoms with Gasteiger partial charge in [-0.25, -0.2) is 4.98 Å². The normalized spacial score (nSPS) is 20.0. The van der Waals surface area contributed by atoms with Crippen molar-refractivity contribution in [2.45, 2.75) is 38.8 Å². The first kappa shape index (κ1) is 18.2. The lowest BCUT2D eigenvalue weighted by Crippen LogP contribution is -2.51. The number of rotatable bonds is 4. The van der Waals surface area contributed by atoms with E-state index < -0.39 is 0 Å². The van der Waals surface area contributed by atoms with Crippen molar-refractivity contribution in [2.75, 3.05) is 40.5 Å². The Morgan fingerprint density at radius 1 is 1.57 bits per heavy atom. The van der Waals surface area contributed by atoms with Crippen LogP contribution in [0.5, 0.6) is 0 Å². The van der Waals surface area contributed by atoms with Crippen molar-refractivity contribution < 1.29 is 9.47 Å². The third kappa shape index (κ3) is 5.16. The predicted octanol–water partition coefficient (Wildman–Crippen LogP) is 1.86. The van der Waals surface area contributed by atoms with Crippen molar-refractivity contribution in [2.24, 2.45) is 4.99 Å². The predicted molar refractivity (Wildman–Crippen MR) is 94.2 cm³/mol. The van der Waals surface area contributed by atoms with Gasteiger partial charge in [-0.3, -0.25) is 4.99 Å². The molecule has 0 bridgehead atoms. The molecular formula is C16H28N4O2S. The summed E-state index contributed by atoms with van der Waals surface area (Å²) < 4.78 is 10.9. The molecule has 1 aliphatic rings. The Labute approximate surface area is 142 Å². The maximum absolute atomic E-state index is 5.69. The maximum atomic E-state index is 5.69. The average molecular weight is 340 g/mol. The van der Waals surface area contributed by atoms with Gasteiger partial charge in [-0.15, -0.1) is 11.3 Å². The zero-order valence-corrected chi connectivity index (χ0v) is 15.6. The summed E-state index contributed by atoms with van der Waals surface area (Å²) in [5.74, 6) is 0.891. The summed E-state index contributed by atoms with van der Waals surface area (Å²) in [4.78, 5) is 11.3. The van der Waals surface area contributed by atoms with Crippen LogP contribution in [0, 0.1) is 0 Å². The second-order valence-corrected chi connectivity index (χ2v) is 7.61. The van der Waals surface area contributed by atoms with E-state index in [1.807, 2.05) is 7.05 Å². The number of hydrogen-bond acceptors (Lipinski definition) is 5. The number of hydrogen-bond donors (Lipinski definition) is 1. The van der Waals surface area contributed by atoms with E-state index in [9.17, 15) is 0 Å². The lowest BCUT2D eigenvalue weighted by molar-refractivity contribution is -0.0447. The Kier molecular flexibility index (Phi) is 6.38. The lowest BCUT2D eigenvalue weighted by Gasteiger charge is -2.34. The molecule has 0 spiro atoms. The van der Waals surface area contributed by atoms with E-state index in [2.05, 4.69) is 41.4 Å². The van der Waals surface area contributed by atoms with Gasteiger partial charge in [0.15, 0.2) is 5.96 Å². The Morgan fingerprint density at radius 2 is 2.35 bits per heavy atom. The Balaban J connectivity index is 1.91. The smallest absolute Gasteiger partial charge is 0.194 e. The van der Waals surface area contributed by atoms with Gasteiger partial charge in [0.1, 0.15) is 5.01 Å². The van der Waals surface area contributed by atoms with Gasteiger partial charge in [0.05, 0.1) is 31.6 Å². The summed E-state index contributed by atoms with van der Waals surface area (Å²) in [5.41, 5.74) is 1.23. The highest BCUT2D eigenvalue weighted by molar-refractivity contribution is 7.09. The van der Waals surface area contributed by atoms with Crippen LogP contribution in [0.1, 0.15) is 31.5 Å². The minimum absolute atomic E-state index is 0.0913. The number of guanidine groups is 1. The van der Waals surface area contributed by atoms with Gasteiger partial charge in [-0.1, -0.05) is 20.8 Å². The van der Waals surface area contributed by atoms with Crippen molar-refractivity contribution >= 4 is 17.3 Å². The summed E-state index contributed by atoms with van der Waals surface area (Å²) >= 11 is 1.69. The zero-order chi connectivity index (χ0) is 16.9. The van der Waals surface area contributed by atoms with E-state index in [0.717, 1.165) is 29.8 Å². The molecule has 23 heavy (non-hydrogen) atoms. The first-order chi connectivity index (χ1) is 10.9. The van der Waals surface area contributed by atoms with Crippen molar-refractivity contribution in [1.29, 1.82) is 0 Å². The van der Waals surface area contributed by atoms with Crippen LogP contribution in [0.25, 0.3) is 0 Å². The van der Waals surface area contributed by atoms with Gasteiger partial charge in [-0.05, 0) is 0 Å². The van der Waals surface area contributed by atoms with Crippen LogP contribution in [-0.4, -0.2) is 62.4 Å². The number of nitrogens with zero attached hydrogens (tertiary/aromatic N) is 3. The first-order valence-electron chi connectivity index (χ1n) is 7.95. The third-order valence-electron chi connectivity index (χ3n) is 3.72. The number of aliphatic imine (C=N–C) groups is 1. The number of nitrogens with one attached hydrogen (secondary N) is 1. The highest BCUT2D eigenvalue weighted by Gasteiger charge is 2.23. The molecule has 0 saturated carbocycles. The maximum Gasteiger partial charge on any atom is 0.194 e. The molecule has 0 aromatic carbocycles. The molecule has 1 aromatic rings. The van der Waals surface area contributed by atoms with Gasteiger partial charge in [0.25, 0.3) is 0 Å². The second-order valence-electron chi connectivity index (χ2n) is 6.67. The van der Waals surface area contributed by atoms with Crippen molar-refractivity contribution in [3.63, 3.8) is 0 Å². The average Bonchev–Trinajstić information content (AvgIpc) is 2.98. The molecule has 0 amide bonds. The molecule has 0 radical (unpaired) electrons.